The van der Waals surface area contributed by atoms with Gasteiger partial charge in [-0.25, -0.2) is 4.79 Å². The lowest BCUT2D eigenvalue weighted by molar-refractivity contribution is -0.131. The van der Waals surface area contributed by atoms with E-state index < -0.39 is 12.1 Å². The van der Waals surface area contributed by atoms with Gasteiger partial charge in [0, 0.05) is 12.7 Å². The predicted molar refractivity (Wildman–Crippen MR) is 107 cm³/mol. The molecule has 28 heavy (non-hydrogen) atoms. The number of aryl methyl sites for hydroxylation is 1. The van der Waals surface area contributed by atoms with Crippen LogP contribution in [0.15, 0.2) is 35.2 Å². The van der Waals surface area contributed by atoms with Crippen LogP contribution in [0.25, 0.3) is 0 Å². The molecule has 2 atom stereocenters. The van der Waals surface area contributed by atoms with Crippen LogP contribution in [0.3, 0.4) is 0 Å². The van der Waals surface area contributed by atoms with Gasteiger partial charge in [-0.3, -0.25) is 19.5 Å². The molecule has 1 fully saturated rings. The summed E-state index contributed by atoms with van der Waals surface area (Å²) in [4.78, 5) is 42.6. The minimum absolute atomic E-state index is 0.0865. The molecule has 2 N–H and O–H groups in total. The highest BCUT2D eigenvalue weighted by Gasteiger charge is 2.38. The zero-order valence-corrected chi connectivity index (χ0v) is 16.8. The lowest BCUT2D eigenvalue weighted by atomic mass is 10.0. The van der Waals surface area contributed by atoms with Gasteiger partial charge in [-0.15, -0.1) is 0 Å². The van der Waals surface area contributed by atoms with Crippen molar-refractivity contribution in [3.63, 3.8) is 0 Å². The Kier molecular flexibility index (Phi) is 6.41. The van der Waals surface area contributed by atoms with E-state index in [1.54, 1.807) is 17.5 Å². The van der Waals surface area contributed by atoms with Crippen molar-refractivity contribution >= 4 is 29.2 Å². The normalized spacial score (nSPS) is 17.5. The van der Waals surface area contributed by atoms with Gasteiger partial charge in [0.05, 0.1) is 18.2 Å². The number of thiophene rings is 1. The van der Waals surface area contributed by atoms with Crippen LogP contribution in [0.4, 0.5) is 4.79 Å². The average Bonchev–Trinajstić information content (AvgIpc) is 3.26. The van der Waals surface area contributed by atoms with Crippen LogP contribution in [0.1, 0.15) is 42.6 Å². The molecule has 3 rings (SSSR count). The van der Waals surface area contributed by atoms with Crippen molar-refractivity contribution in [3.05, 3.63) is 52.0 Å². The first-order valence-corrected chi connectivity index (χ1v) is 10.3. The molecule has 3 heterocycles. The second kappa shape index (κ2) is 8.97. The molecule has 0 bridgehead atoms. The molecular formula is C20H24N4O3S. The van der Waals surface area contributed by atoms with Crippen molar-refractivity contribution in [1.82, 2.24) is 20.5 Å². The zero-order valence-electron chi connectivity index (χ0n) is 16.0. The van der Waals surface area contributed by atoms with E-state index in [4.69, 9.17) is 0 Å². The smallest absolute Gasteiger partial charge is 0.324 e. The van der Waals surface area contributed by atoms with E-state index in [0.717, 1.165) is 16.8 Å². The number of aromatic nitrogens is 1. The lowest BCUT2D eigenvalue weighted by Gasteiger charge is -2.20. The highest BCUT2D eigenvalue weighted by atomic mass is 32.1. The summed E-state index contributed by atoms with van der Waals surface area (Å²) in [5.74, 6) is -0.632. The molecule has 1 aliphatic heterocycles. The molecule has 8 heteroatoms. The summed E-state index contributed by atoms with van der Waals surface area (Å²) in [6, 6.07) is 4.29. The molecule has 0 saturated carbocycles. The highest BCUT2D eigenvalue weighted by molar-refractivity contribution is 7.07. The summed E-state index contributed by atoms with van der Waals surface area (Å²) in [5.41, 5.74) is 2.90. The quantitative estimate of drug-likeness (QED) is 0.666. The summed E-state index contributed by atoms with van der Waals surface area (Å²) in [7, 11) is 0. The average molecular weight is 401 g/mol. The Balaban J connectivity index is 1.70. The molecule has 0 spiro atoms. The van der Waals surface area contributed by atoms with Crippen LogP contribution in [0, 0.1) is 6.92 Å². The molecule has 2 aromatic rings. The lowest BCUT2D eigenvalue weighted by Crippen LogP contribution is -2.38. The van der Waals surface area contributed by atoms with Crippen molar-refractivity contribution < 1.29 is 14.4 Å². The van der Waals surface area contributed by atoms with Crippen LogP contribution in [-0.4, -0.2) is 40.3 Å². The Hall–Kier alpha value is -2.74. The number of urea groups is 1. The highest BCUT2D eigenvalue weighted by Crippen LogP contribution is 2.21. The molecule has 1 saturated heterocycles. The van der Waals surface area contributed by atoms with E-state index in [2.05, 4.69) is 15.6 Å². The van der Waals surface area contributed by atoms with Gasteiger partial charge < -0.3 is 10.6 Å². The third-order valence-corrected chi connectivity index (χ3v) is 5.41. The Bertz CT molecular complexity index is 853. The number of rotatable bonds is 8. The van der Waals surface area contributed by atoms with Gasteiger partial charge in [0.2, 0.25) is 5.91 Å². The minimum atomic E-state index is -0.814. The Labute approximate surface area is 168 Å². The summed E-state index contributed by atoms with van der Waals surface area (Å²) in [6.45, 7) is 4.21. The van der Waals surface area contributed by atoms with Crippen molar-refractivity contribution in [2.45, 2.75) is 45.2 Å². The fraction of sp³-hybridized carbons (Fsp3) is 0.400. The van der Waals surface area contributed by atoms with Gasteiger partial charge in [-0.2, -0.15) is 11.3 Å². The Morgan fingerprint density at radius 3 is 2.89 bits per heavy atom. The second-order valence-corrected chi connectivity index (χ2v) is 7.64. The van der Waals surface area contributed by atoms with Gasteiger partial charge in [-0.1, -0.05) is 13.0 Å². The molecule has 4 amide bonds. The number of carbonyl (C=O) groups is 3. The largest absolute Gasteiger partial charge is 0.347 e. The fourth-order valence-corrected chi connectivity index (χ4v) is 3.99. The zero-order chi connectivity index (χ0) is 20.1. The van der Waals surface area contributed by atoms with E-state index >= 15 is 0 Å². The number of hydrogen-bond acceptors (Lipinski definition) is 5. The molecule has 0 aliphatic carbocycles. The van der Waals surface area contributed by atoms with Crippen molar-refractivity contribution in [2.75, 3.05) is 6.54 Å². The standard InChI is InChI=1S/C20H24N4O3S/c1-3-8-24-19(26)16(23-20(24)27)11-17(25)22-15(10-14-6-9-28-12-14)18-13(2)5-4-7-21-18/h4-7,9,12,15-16H,3,8,10-11H2,1-2H3,(H,22,25)(H,23,27). The molecule has 2 aromatic heterocycles. The number of carbonyl (C=O) groups excluding carboxylic acids is 3. The van der Waals surface area contributed by atoms with Crippen LogP contribution < -0.4 is 10.6 Å². The maximum absolute atomic E-state index is 12.7. The predicted octanol–water partition coefficient (Wildman–Crippen LogP) is 2.57. The third-order valence-electron chi connectivity index (χ3n) is 4.68. The van der Waals surface area contributed by atoms with E-state index in [-0.39, 0.29) is 24.3 Å². The maximum Gasteiger partial charge on any atom is 0.324 e. The Morgan fingerprint density at radius 2 is 2.21 bits per heavy atom. The topological polar surface area (TPSA) is 91.4 Å². The monoisotopic (exact) mass is 400 g/mol. The number of imide groups is 1. The van der Waals surface area contributed by atoms with Gasteiger partial charge in [-0.05, 0) is 53.8 Å². The molecule has 0 radical (unpaired) electrons. The van der Waals surface area contributed by atoms with Crippen molar-refractivity contribution in [3.8, 4) is 0 Å². The molecule has 7 nitrogen and oxygen atoms in total. The minimum Gasteiger partial charge on any atom is -0.347 e. The third kappa shape index (κ3) is 4.56. The van der Waals surface area contributed by atoms with Gasteiger partial charge in [0.25, 0.3) is 5.91 Å². The van der Waals surface area contributed by atoms with Gasteiger partial charge in [0.1, 0.15) is 6.04 Å². The van der Waals surface area contributed by atoms with E-state index in [0.29, 0.717) is 19.4 Å². The van der Waals surface area contributed by atoms with Crippen LogP contribution in [-0.2, 0) is 16.0 Å². The molecule has 2 unspecified atom stereocenters. The first-order valence-electron chi connectivity index (χ1n) is 9.33. The number of nitrogens with one attached hydrogen (secondary N) is 2. The SMILES string of the molecule is CCCN1C(=O)NC(CC(=O)NC(Cc2ccsc2)c2ncccc2C)C1=O. The molecule has 1 aliphatic rings. The molecule has 148 valence electrons. The number of hydrogen-bond donors (Lipinski definition) is 2. The first kappa shape index (κ1) is 20.0. The number of pyridine rings is 1. The summed E-state index contributed by atoms with van der Waals surface area (Å²) in [6.07, 6.45) is 2.91. The van der Waals surface area contributed by atoms with Crippen LogP contribution >= 0.6 is 11.3 Å². The number of amides is 4. The van der Waals surface area contributed by atoms with Crippen LogP contribution in [0.2, 0.25) is 0 Å². The van der Waals surface area contributed by atoms with E-state index in [1.807, 2.05) is 42.8 Å². The van der Waals surface area contributed by atoms with Crippen molar-refractivity contribution in [2.24, 2.45) is 0 Å². The first-order chi connectivity index (χ1) is 13.5. The summed E-state index contributed by atoms with van der Waals surface area (Å²) < 4.78 is 0. The summed E-state index contributed by atoms with van der Waals surface area (Å²) >= 11 is 1.60. The van der Waals surface area contributed by atoms with E-state index in [9.17, 15) is 14.4 Å². The van der Waals surface area contributed by atoms with Gasteiger partial charge in [0.15, 0.2) is 0 Å². The van der Waals surface area contributed by atoms with E-state index in [1.165, 1.54) is 4.90 Å². The fourth-order valence-electron chi connectivity index (χ4n) is 3.31. The van der Waals surface area contributed by atoms with Crippen LogP contribution in [0.5, 0.6) is 0 Å². The summed E-state index contributed by atoms with van der Waals surface area (Å²) in [5, 5.41) is 9.64. The van der Waals surface area contributed by atoms with Gasteiger partial charge >= 0.3 is 6.03 Å². The number of nitrogens with zero attached hydrogens (tertiary/aromatic N) is 2. The second-order valence-electron chi connectivity index (χ2n) is 6.86. The maximum atomic E-state index is 12.7. The Morgan fingerprint density at radius 1 is 1.39 bits per heavy atom. The van der Waals surface area contributed by atoms with Crippen molar-refractivity contribution in [1.29, 1.82) is 0 Å². The molecule has 0 aromatic carbocycles. The molecular weight excluding hydrogens is 376 g/mol.